The van der Waals surface area contributed by atoms with Crippen molar-refractivity contribution >= 4 is 27.7 Å². The van der Waals surface area contributed by atoms with E-state index in [0.29, 0.717) is 0 Å². The molecule has 1 heterocycles. The van der Waals surface area contributed by atoms with Crippen LogP contribution in [0.4, 0.5) is 0 Å². The molecule has 0 spiro atoms. The van der Waals surface area contributed by atoms with E-state index in [1.54, 1.807) is 0 Å². The van der Waals surface area contributed by atoms with Gasteiger partial charge in [-0.15, -0.1) is 0 Å². The second-order valence-corrected chi connectivity index (χ2v) is 6.31. The molecule has 1 aliphatic heterocycles. The molecular formula is C11H22BrNS. The zero-order chi connectivity index (χ0) is 10.4. The van der Waals surface area contributed by atoms with E-state index in [-0.39, 0.29) is 0 Å². The standard InChI is InChI=1S/C11H22BrNS/c1-10(3-6-12)4-7-13(2)11-5-8-14-9-11/h10-11H,3-9H2,1-2H3. The first-order chi connectivity index (χ1) is 6.74. The average molecular weight is 280 g/mol. The molecule has 2 atom stereocenters. The van der Waals surface area contributed by atoms with Gasteiger partial charge in [-0.05, 0) is 44.5 Å². The quantitative estimate of drug-likeness (QED) is 0.687. The summed E-state index contributed by atoms with van der Waals surface area (Å²) in [5, 5.41) is 1.15. The largest absolute Gasteiger partial charge is 0.303 e. The molecular weight excluding hydrogens is 258 g/mol. The summed E-state index contributed by atoms with van der Waals surface area (Å²) in [6, 6.07) is 0.858. The van der Waals surface area contributed by atoms with Crippen LogP contribution in [0.15, 0.2) is 0 Å². The highest BCUT2D eigenvalue weighted by atomic mass is 79.9. The average Bonchev–Trinajstić information content (AvgIpc) is 2.67. The van der Waals surface area contributed by atoms with E-state index < -0.39 is 0 Å². The molecule has 1 saturated heterocycles. The van der Waals surface area contributed by atoms with Gasteiger partial charge in [0.15, 0.2) is 0 Å². The molecule has 1 aliphatic rings. The molecule has 0 N–H and O–H groups in total. The van der Waals surface area contributed by atoms with Crippen molar-refractivity contribution in [2.45, 2.75) is 32.2 Å². The van der Waals surface area contributed by atoms with E-state index >= 15 is 0 Å². The van der Waals surface area contributed by atoms with Crippen molar-refractivity contribution in [3.05, 3.63) is 0 Å². The minimum atomic E-state index is 0.858. The molecule has 0 aliphatic carbocycles. The summed E-state index contributed by atoms with van der Waals surface area (Å²) in [5.74, 6) is 3.58. The van der Waals surface area contributed by atoms with Gasteiger partial charge in [-0.25, -0.2) is 0 Å². The maximum Gasteiger partial charge on any atom is 0.0191 e. The Morgan fingerprint density at radius 2 is 2.29 bits per heavy atom. The molecule has 1 nitrogen and oxygen atoms in total. The normalized spacial score (nSPS) is 24.4. The maximum atomic E-state index is 3.51. The van der Waals surface area contributed by atoms with Crippen molar-refractivity contribution in [3.8, 4) is 0 Å². The van der Waals surface area contributed by atoms with E-state index in [2.05, 4.69) is 46.6 Å². The van der Waals surface area contributed by atoms with Crippen LogP contribution >= 0.6 is 27.7 Å². The van der Waals surface area contributed by atoms with Crippen LogP contribution in [-0.4, -0.2) is 41.4 Å². The zero-order valence-electron chi connectivity index (χ0n) is 9.34. The Morgan fingerprint density at radius 1 is 1.50 bits per heavy atom. The molecule has 3 heteroatoms. The lowest BCUT2D eigenvalue weighted by Crippen LogP contribution is -2.32. The molecule has 1 fully saturated rings. The molecule has 0 amide bonds. The third-order valence-electron chi connectivity index (χ3n) is 3.11. The predicted octanol–water partition coefficient (Wildman–Crippen LogP) is 3.23. The molecule has 2 unspecified atom stereocenters. The molecule has 1 rings (SSSR count). The van der Waals surface area contributed by atoms with Crippen molar-refractivity contribution in [2.24, 2.45) is 5.92 Å². The van der Waals surface area contributed by atoms with Crippen LogP contribution in [0.2, 0.25) is 0 Å². The number of hydrogen-bond acceptors (Lipinski definition) is 2. The first kappa shape index (κ1) is 12.9. The fraction of sp³-hybridized carbons (Fsp3) is 1.00. The van der Waals surface area contributed by atoms with Gasteiger partial charge in [-0.1, -0.05) is 22.9 Å². The van der Waals surface area contributed by atoms with Crippen molar-refractivity contribution in [1.29, 1.82) is 0 Å². The Labute approximate surface area is 101 Å². The lowest BCUT2D eigenvalue weighted by molar-refractivity contribution is 0.244. The Bertz CT molecular complexity index is 148. The van der Waals surface area contributed by atoms with Gasteiger partial charge < -0.3 is 4.90 Å². The molecule has 0 bridgehead atoms. The van der Waals surface area contributed by atoms with Gasteiger partial charge in [0.1, 0.15) is 0 Å². The van der Waals surface area contributed by atoms with Gasteiger partial charge in [0.2, 0.25) is 0 Å². The Kier molecular flexibility index (Phi) is 6.55. The van der Waals surface area contributed by atoms with E-state index in [0.717, 1.165) is 17.3 Å². The minimum Gasteiger partial charge on any atom is -0.303 e. The van der Waals surface area contributed by atoms with Gasteiger partial charge in [-0.3, -0.25) is 0 Å². The first-order valence-electron chi connectivity index (χ1n) is 5.58. The fourth-order valence-corrected chi connectivity index (χ4v) is 3.89. The predicted molar refractivity (Wildman–Crippen MR) is 70.6 cm³/mol. The number of alkyl halides is 1. The highest BCUT2D eigenvalue weighted by Crippen LogP contribution is 2.22. The van der Waals surface area contributed by atoms with Crippen LogP contribution in [0, 0.1) is 5.92 Å². The monoisotopic (exact) mass is 279 g/mol. The lowest BCUT2D eigenvalue weighted by Gasteiger charge is -2.24. The van der Waals surface area contributed by atoms with Crippen molar-refractivity contribution in [2.75, 3.05) is 30.4 Å². The molecule has 0 saturated carbocycles. The number of rotatable bonds is 6. The Hall–Kier alpha value is 0.790. The van der Waals surface area contributed by atoms with Crippen molar-refractivity contribution < 1.29 is 0 Å². The van der Waals surface area contributed by atoms with Crippen LogP contribution in [0.25, 0.3) is 0 Å². The highest BCUT2D eigenvalue weighted by Gasteiger charge is 2.19. The summed E-state index contributed by atoms with van der Waals surface area (Å²) in [5.41, 5.74) is 0. The fourth-order valence-electron chi connectivity index (χ4n) is 1.81. The molecule has 84 valence electrons. The van der Waals surface area contributed by atoms with Crippen molar-refractivity contribution in [3.63, 3.8) is 0 Å². The summed E-state index contributed by atoms with van der Waals surface area (Å²) in [7, 11) is 2.29. The summed E-state index contributed by atoms with van der Waals surface area (Å²) >= 11 is 5.61. The minimum absolute atomic E-state index is 0.858. The third kappa shape index (κ3) is 4.54. The molecule has 0 radical (unpaired) electrons. The highest BCUT2D eigenvalue weighted by molar-refractivity contribution is 9.09. The SMILES string of the molecule is CC(CCBr)CCN(C)C1CCSC1. The lowest BCUT2D eigenvalue weighted by atomic mass is 10.0. The maximum absolute atomic E-state index is 3.51. The second-order valence-electron chi connectivity index (χ2n) is 4.37. The zero-order valence-corrected chi connectivity index (χ0v) is 11.7. The van der Waals surface area contributed by atoms with Crippen LogP contribution in [-0.2, 0) is 0 Å². The van der Waals surface area contributed by atoms with Crippen LogP contribution in [0.3, 0.4) is 0 Å². The number of halogens is 1. The van der Waals surface area contributed by atoms with Gasteiger partial charge in [0.05, 0.1) is 0 Å². The smallest absolute Gasteiger partial charge is 0.0191 e. The van der Waals surface area contributed by atoms with Gasteiger partial charge >= 0.3 is 0 Å². The van der Waals surface area contributed by atoms with E-state index in [9.17, 15) is 0 Å². The van der Waals surface area contributed by atoms with Gasteiger partial charge in [-0.2, -0.15) is 11.8 Å². The van der Waals surface area contributed by atoms with Gasteiger partial charge in [0, 0.05) is 17.1 Å². The first-order valence-corrected chi connectivity index (χ1v) is 7.85. The number of nitrogens with zero attached hydrogens (tertiary/aromatic N) is 1. The number of thioether (sulfide) groups is 1. The summed E-state index contributed by atoms with van der Waals surface area (Å²) in [6.07, 6.45) is 4.06. The topological polar surface area (TPSA) is 3.24 Å². The van der Waals surface area contributed by atoms with E-state index in [4.69, 9.17) is 0 Å². The summed E-state index contributed by atoms with van der Waals surface area (Å²) < 4.78 is 0. The van der Waals surface area contributed by atoms with Crippen LogP contribution < -0.4 is 0 Å². The number of hydrogen-bond donors (Lipinski definition) is 0. The van der Waals surface area contributed by atoms with Crippen LogP contribution in [0.5, 0.6) is 0 Å². The Balaban J connectivity index is 2.10. The van der Waals surface area contributed by atoms with E-state index in [1.807, 2.05) is 0 Å². The molecule has 0 aromatic rings. The van der Waals surface area contributed by atoms with Gasteiger partial charge in [0.25, 0.3) is 0 Å². The van der Waals surface area contributed by atoms with Crippen molar-refractivity contribution in [1.82, 2.24) is 4.90 Å². The summed E-state index contributed by atoms with van der Waals surface area (Å²) in [4.78, 5) is 2.56. The summed E-state index contributed by atoms with van der Waals surface area (Å²) in [6.45, 7) is 3.64. The van der Waals surface area contributed by atoms with E-state index in [1.165, 1.54) is 37.3 Å². The van der Waals surface area contributed by atoms with Crippen LogP contribution in [0.1, 0.15) is 26.2 Å². The Morgan fingerprint density at radius 3 is 2.86 bits per heavy atom. The molecule has 0 aromatic heterocycles. The molecule has 14 heavy (non-hydrogen) atoms. The third-order valence-corrected chi connectivity index (χ3v) is 4.71. The second kappa shape index (κ2) is 7.13. The molecule has 0 aromatic carbocycles.